The third-order valence-corrected chi connectivity index (χ3v) is 6.09. The summed E-state index contributed by atoms with van der Waals surface area (Å²) in [5, 5.41) is 0. The van der Waals surface area contributed by atoms with E-state index in [4.69, 9.17) is 4.74 Å². The molecule has 2 atom stereocenters. The van der Waals surface area contributed by atoms with Gasteiger partial charge in [0.2, 0.25) is 6.17 Å². The molecule has 0 bridgehead atoms. The molecular weight excluding hydrogens is 414 g/mol. The highest BCUT2D eigenvalue weighted by Gasteiger charge is 2.36. The Hall–Kier alpha value is -1.87. The van der Waals surface area contributed by atoms with Crippen LogP contribution in [-0.2, 0) is 15.7 Å². The number of ether oxygens (including phenoxy) is 1. The number of alkyl halides is 4. The van der Waals surface area contributed by atoms with Crippen LogP contribution in [0.5, 0.6) is 0 Å². The lowest BCUT2D eigenvalue weighted by Crippen LogP contribution is -2.56. The van der Waals surface area contributed by atoms with Crippen molar-refractivity contribution in [1.82, 2.24) is 9.80 Å². The molecular formula is C22H31F4N3O2. The van der Waals surface area contributed by atoms with E-state index in [1.165, 1.54) is 12.1 Å². The first-order valence-electron chi connectivity index (χ1n) is 11.0. The molecule has 0 saturated carbocycles. The molecule has 2 aliphatic heterocycles. The maximum Gasteiger partial charge on any atom is 0.416 e. The van der Waals surface area contributed by atoms with E-state index in [0.717, 1.165) is 50.2 Å². The Balaban J connectivity index is 1.59. The summed E-state index contributed by atoms with van der Waals surface area (Å²) in [6, 6.07) is 4.64. The minimum absolute atomic E-state index is 0.151. The average Bonchev–Trinajstić information content (AvgIpc) is 2.78. The number of anilines is 1. The Morgan fingerprint density at radius 3 is 2.16 bits per heavy atom. The number of hydrogen-bond acceptors (Lipinski definition) is 5. The van der Waals surface area contributed by atoms with Gasteiger partial charge in [0.15, 0.2) is 0 Å². The van der Waals surface area contributed by atoms with Crippen LogP contribution in [0.25, 0.3) is 0 Å². The summed E-state index contributed by atoms with van der Waals surface area (Å²) in [4.78, 5) is 18.3. The van der Waals surface area contributed by atoms with Gasteiger partial charge in [-0.1, -0.05) is 6.42 Å². The quantitative estimate of drug-likeness (QED) is 0.474. The Morgan fingerprint density at radius 1 is 1.00 bits per heavy atom. The minimum Gasteiger partial charge on any atom is -0.464 e. The summed E-state index contributed by atoms with van der Waals surface area (Å²) in [5.41, 5.74) is 0.0855. The number of piperazine rings is 1. The molecule has 9 heteroatoms. The molecule has 0 amide bonds. The number of nitrogens with zero attached hydrogens (tertiary/aromatic N) is 3. The van der Waals surface area contributed by atoms with Gasteiger partial charge in [0.25, 0.3) is 0 Å². The predicted octanol–water partition coefficient (Wildman–Crippen LogP) is 3.58. The molecule has 5 nitrogen and oxygen atoms in total. The van der Waals surface area contributed by atoms with E-state index in [1.807, 2.05) is 4.90 Å². The van der Waals surface area contributed by atoms with Gasteiger partial charge in [-0.25, -0.2) is 9.18 Å². The molecule has 1 aromatic carbocycles. The normalized spacial score (nSPS) is 21.0. The van der Waals surface area contributed by atoms with Crippen LogP contribution in [0.3, 0.4) is 0 Å². The fourth-order valence-corrected chi connectivity index (χ4v) is 4.34. The van der Waals surface area contributed by atoms with E-state index in [2.05, 4.69) is 9.80 Å². The van der Waals surface area contributed by atoms with Gasteiger partial charge in [-0.05, 0) is 57.1 Å². The maximum absolute atomic E-state index is 15.0. The van der Waals surface area contributed by atoms with Gasteiger partial charge in [0.1, 0.15) is 0 Å². The van der Waals surface area contributed by atoms with Crippen LogP contribution in [0.15, 0.2) is 24.3 Å². The van der Waals surface area contributed by atoms with Crippen molar-refractivity contribution < 1.29 is 27.1 Å². The van der Waals surface area contributed by atoms with Crippen LogP contribution in [0, 0.1) is 0 Å². The van der Waals surface area contributed by atoms with Crippen LogP contribution < -0.4 is 4.90 Å². The zero-order chi connectivity index (χ0) is 22.4. The molecule has 0 aromatic heterocycles. The number of hydrogen-bond donors (Lipinski definition) is 0. The SMILES string of the molecule is CCOC(=O)C(F)C(CN1CCN(c2ccc(C(F)(F)F)cc2)CC1)N1CCCCC1. The van der Waals surface area contributed by atoms with Crippen molar-refractivity contribution in [2.24, 2.45) is 0 Å². The van der Waals surface area contributed by atoms with E-state index in [0.29, 0.717) is 32.7 Å². The highest BCUT2D eigenvalue weighted by Crippen LogP contribution is 2.30. The second-order valence-electron chi connectivity index (χ2n) is 8.15. The van der Waals surface area contributed by atoms with E-state index in [-0.39, 0.29) is 6.61 Å². The smallest absolute Gasteiger partial charge is 0.416 e. The number of rotatable bonds is 7. The highest BCUT2D eigenvalue weighted by molar-refractivity contribution is 5.75. The molecule has 31 heavy (non-hydrogen) atoms. The van der Waals surface area contributed by atoms with Crippen molar-refractivity contribution >= 4 is 11.7 Å². The number of carbonyl (C=O) groups is 1. The standard InChI is InChI=1S/C22H31F4N3O2/c1-2-31-21(30)20(23)19(29-10-4-3-5-11-29)16-27-12-14-28(15-13-27)18-8-6-17(7-9-18)22(24,25)26/h6-9,19-20H,2-5,10-16H2,1H3. The molecule has 2 unspecified atom stereocenters. The zero-order valence-corrected chi connectivity index (χ0v) is 17.9. The molecule has 2 saturated heterocycles. The van der Waals surface area contributed by atoms with E-state index < -0.39 is 29.9 Å². The molecule has 2 heterocycles. The van der Waals surface area contributed by atoms with Crippen molar-refractivity contribution in [3.63, 3.8) is 0 Å². The number of esters is 1. The third kappa shape index (κ3) is 6.32. The van der Waals surface area contributed by atoms with E-state index in [1.54, 1.807) is 6.92 Å². The molecule has 1 aromatic rings. The number of benzene rings is 1. The Bertz CT molecular complexity index is 700. The summed E-state index contributed by atoms with van der Waals surface area (Å²) in [6.07, 6.45) is -2.93. The lowest BCUT2D eigenvalue weighted by molar-refractivity contribution is -0.152. The first-order valence-corrected chi connectivity index (χ1v) is 11.0. The summed E-state index contributed by atoms with van der Waals surface area (Å²) in [6.45, 7) is 6.37. The van der Waals surface area contributed by atoms with E-state index >= 15 is 4.39 Å². The summed E-state index contributed by atoms with van der Waals surface area (Å²) >= 11 is 0. The number of likely N-dealkylation sites (tertiary alicyclic amines) is 1. The van der Waals surface area contributed by atoms with Crippen LogP contribution in [0.4, 0.5) is 23.2 Å². The topological polar surface area (TPSA) is 36.0 Å². The third-order valence-electron chi connectivity index (χ3n) is 6.09. The summed E-state index contributed by atoms with van der Waals surface area (Å²) < 4.78 is 58.3. The molecule has 0 spiro atoms. The molecule has 0 aliphatic carbocycles. The van der Waals surface area contributed by atoms with Crippen molar-refractivity contribution in [1.29, 1.82) is 0 Å². The van der Waals surface area contributed by atoms with Crippen molar-refractivity contribution in [3.05, 3.63) is 29.8 Å². The number of halogens is 4. The fourth-order valence-electron chi connectivity index (χ4n) is 4.34. The summed E-state index contributed by atoms with van der Waals surface area (Å²) in [5.74, 6) is -0.804. The monoisotopic (exact) mass is 445 g/mol. The molecule has 0 radical (unpaired) electrons. The molecule has 0 N–H and O–H groups in total. The van der Waals surface area contributed by atoms with Gasteiger partial charge < -0.3 is 9.64 Å². The van der Waals surface area contributed by atoms with Gasteiger partial charge in [0, 0.05) is 38.4 Å². The first kappa shape index (κ1) is 23.8. The lowest BCUT2D eigenvalue weighted by atomic mass is 10.0. The molecule has 3 rings (SSSR count). The average molecular weight is 446 g/mol. The Morgan fingerprint density at radius 2 is 1.61 bits per heavy atom. The van der Waals surface area contributed by atoms with Crippen LogP contribution >= 0.6 is 0 Å². The maximum atomic E-state index is 15.0. The van der Waals surface area contributed by atoms with Gasteiger partial charge >= 0.3 is 12.1 Å². The number of carbonyl (C=O) groups excluding carboxylic acids is 1. The van der Waals surface area contributed by atoms with Crippen molar-refractivity contribution in [3.8, 4) is 0 Å². The van der Waals surface area contributed by atoms with Crippen LogP contribution in [-0.4, -0.2) is 80.4 Å². The fraction of sp³-hybridized carbons (Fsp3) is 0.682. The second-order valence-corrected chi connectivity index (χ2v) is 8.15. The lowest BCUT2D eigenvalue weighted by Gasteiger charge is -2.41. The van der Waals surface area contributed by atoms with Gasteiger partial charge in [-0.3, -0.25) is 9.80 Å². The Labute approximate surface area is 180 Å². The largest absolute Gasteiger partial charge is 0.464 e. The molecule has 174 valence electrons. The summed E-state index contributed by atoms with van der Waals surface area (Å²) in [7, 11) is 0. The van der Waals surface area contributed by atoms with Gasteiger partial charge in [0.05, 0.1) is 18.2 Å². The second kappa shape index (κ2) is 10.6. The first-order chi connectivity index (χ1) is 14.8. The van der Waals surface area contributed by atoms with Crippen molar-refractivity contribution in [2.45, 2.75) is 44.6 Å². The van der Waals surface area contributed by atoms with Crippen molar-refractivity contribution in [2.75, 3.05) is 57.3 Å². The minimum atomic E-state index is -4.34. The van der Waals surface area contributed by atoms with Crippen LogP contribution in [0.1, 0.15) is 31.7 Å². The predicted molar refractivity (Wildman–Crippen MR) is 111 cm³/mol. The molecule has 2 aliphatic rings. The van der Waals surface area contributed by atoms with Gasteiger partial charge in [-0.2, -0.15) is 13.2 Å². The molecule has 2 fully saturated rings. The highest BCUT2D eigenvalue weighted by atomic mass is 19.4. The van der Waals surface area contributed by atoms with Crippen LogP contribution in [0.2, 0.25) is 0 Å². The number of piperidine rings is 1. The Kier molecular flexibility index (Phi) is 8.16. The van der Waals surface area contributed by atoms with E-state index in [9.17, 15) is 18.0 Å². The van der Waals surface area contributed by atoms with Gasteiger partial charge in [-0.15, -0.1) is 0 Å². The zero-order valence-electron chi connectivity index (χ0n) is 17.9.